The first-order chi connectivity index (χ1) is 7.05. The molecule has 0 aromatic heterocycles. The van der Waals surface area contributed by atoms with Crippen molar-refractivity contribution in [3.8, 4) is 0 Å². The second-order valence-electron chi connectivity index (χ2n) is 5.78. The first-order valence-corrected chi connectivity index (χ1v) is 5.85. The Morgan fingerprint density at radius 1 is 1.07 bits per heavy atom. The van der Waals surface area contributed by atoms with E-state index in [1.807, 2.05) is 0 Å². The van der Waals surface area contributed by atoms with Gasteiger partial charge < -0.3 is 4.74 Å². The van der Waals surface area contributed by atoms with Crippen LogP contribution < -0.4 is 0 Å². The van der Waals surface area contributed by atoms with Crippen LogP contribution in [0.1, 0.15) is 62.5 Å². The predicted octanol–water partition coefficient (Wildman–Crippen LogP) is 3.89. The van der Waals surface area contributed by atoms with Crippen molar-refractivity contribution in [2.24, 2.45) is 0 Å². The third kappa shape index (κ3) is 1.33. The van der Waals surface area contributed by atoms with E-state index in [1.54, 1.807) is 0 Å². The monoisotopic (exact) mass is 202 g/mol. The summed E-state index contributed by atoms with van der Waals surface area (Å²) in [5, 5.41) is 0. The fraction of sp³-hybridized carbons (Fsp3) is 0.571. The molecule has 1 saturated heterocycles. The summed E-state index contributed by atoms with van der Waals surface area (Å²) in [5.74, 6) is 0. The average Bonchev–Trinajstić information content (AvgIpc) is 2.76. The molecule has 0 amide bonds. The molecule has 1 aromatic carbocycles. The molecule has 80 valence electrons. The highest BCUT2D eigenvalue weighted by molar-refractivity contribution is 5.41. The molecule has 3 rings (SSSR count). The van der Waals surface area contributed by atoms with Gasteiger partial charge in [0.05, 0.1) is 12.2 Å². The Labute approximate surface area is 91.5 Å². The van der Waals surface area contributed by atoms with Crippen LogP contribution in [0.5, 0.6) is 0 Å². The summed E-state index contributed by atoms with van der Waals surface area (Å²) in [6, 6.07) is 6.90. The van der Waals surface area contributed by atoms with Gasteiger partial charge in [-0.25, -0.2) is 0 Å². The van der Waals surface area contributed by atoms with Gasteiger partial charge in [-0.1, -0.05) is 39.0 Å². The van der Waals surface area contributed by atoms with Gasteiger partial charge in [0.15, 0.2) is 0 Å². The fourth-order valence-corrected chi connectivity index (χ4v) is 2.71. The van der Waals surface area contributed by atoms with Crippen LogP contribution in [0, 0.1) is 0 Å². The summed E-state index contributed by atoms with van der Waals surface area (Å²) in [6.45, 7) is 6.80. The molecule has 0 N–H and O–H groups in total. The van der Waals surface area contributed by atoms with Crippen molar-refractivity contribution in [3.63, 3.8) is 0 Å². The van der Waals surface area contributed by atoms with Crippen molar-refractivity contribution in [3.05, 3.63) is 34.9 Å². The minimum atomic E-state index is 0.247. The first-order valence-electron chi connectivity index (χ1n) is 5.85. The minimum Gasteiger partial charge on any atom is -0.366 e. The zero-order valence-electron chi connectivity index (χ0n) is 9.71. The lowest BCUT2D eigenvalue weighted by atomic mass is 9.82. The molecule has 1 heteroatoms. The number of ether oxygens (including phenoxy) is 1. The summed E-state index contributed by atoms with van der Waals surface area (Å²) in [4.78, 5) is 0. The molecular formula is C14H18O. The molecule has 2 unspecified atom stereocenters. The summed E-state index contributed by atoms with van der Waals surface area (Å²) < 4.78 is 5.91. The normalized spacial score (nSPS) is 28.2. The average molecular weight is 202 g/mol. The number of rotatable bonds is 0. The molecule has 15 heavy (non-hydrogen) atoms. The van der Waals surface area contributed by atoms with E-state index in [-0.39, 0.29) is 5.41 Å². The van der Waals surface area contributed by atoms with E-state index in [0.29, 0.717) is 12.2 Å². The predicted molar refractivity (Wildman–Crippen MR) is 60.9 cm³/mol. The molecule has 2 atom stereocenters. The first kappa shape index (κ1) is 9.41. The Kier molecular flexibility index (Phi) is 1.79. The van der Waals surface area contributed by atoms with E-state index in [1.165, 1.54) is 29.5 Å². The fourth-order valence-electron chi connectivity index (χ4n) is 2.71. The minimum absolute atomic E-state index is 0.247. The van der Waals surface area contributed by atoms with Crippen molar-refractivity contribution in [1.29, 1.82) is 0 Å². The third-order valence-corrected chi connectivity index (χ3v) is 3.67. The van der Waals surface area contributed by atoms with Gasteiger partial charge in [-0.2, -0.15) is 0 Å². The molecular weight excluding hydrogens is 184 g/mol. The van der Waals surface area contributed by atoms with Gasteiger partial charge in [-0.05, 0) is 34.9 Å². The van der Waals surface area contributed by atoms with Crippen LogP contribution in [-0.2, 0) is 10.2 Å². The van der Waals surface area contributed by atoms with Crippen LogP contribution in [0.25, 0.3) is 0 Å². The SMILES string of the molecule is CC(C)(C)c1ccc2c(c1)C1CCC2O1. The van der Waals surface area contributed by atoms with Crippen molar-refractivity contribution in [2.45, 2.75) is 51.2 Å². The Morgan fingerprint density at radius 2 is 1.73 bits per heavy atom. The molecule has 1 fully saturated rings. The Bertz CT molecular complexity index is 400. The van der Waals surface area contributed by atoms with E-state index < -0.39 is 0 Å². The quantitative estimate of drug-likeness (QED) is 0.620. The zero-order valence-corrected chi connectivity index (χ0v) is 9.71. The van der Waals surface area contributed by atoms with Crippen LogP contribution >= 0.6 is 0 Å². The van der Waals surface area contributed by atoms with E-state index in [4.69, 9.17) is 4.74 Å². The Hall–Kier alpha value is -0.820. The maximum absolute atomic E-state index is 5.91. The van der Waals surface area contributed by atoms with Gasteiger partial charge in [0.1, 0.15) is 0 Å². The number of fused-ring (bicyclic) bond motifs is 5. The summed E-state index contributed by atoms with van der Waals surface area (Å²) >= 11 is 0. The van der Waals surface area contributed by atoms with Gasteiger partial charge in [-0.15, -0.1) is 0 Å². The molecule has 0 radical (unpaired) electrons. The van der Waals surface area contributed by atoms with Crippen molar-refractivity contribution < 1.29 is 4.74 Å². The molecule has 1 aromatic rings. The molecule has 0 aliphatic carbocycles. The van der Waals surface area contributed by atoms with Crippen molar-refractivity contribution in [2.75, 3.05) is 0 Å². The van der Waals surface area contributed by atoms with Gasteiger partial charge in [0, 0.05) is 0 Å². The second kappa shape index (κ2) is 2.85. The molecule has 2 heterocycles. The zero-order chi connectivity index (χ0) is 10.6. The standard InChI is InChI=1S/C14H18O/c1-14(2,3)9-4-5-10-11(8-9)13-7-6-12(10)15-13/h4-5,8,12-13H,6-7H2,1-3H3. The van der Waals surface area contributed by atoms with Crippen LogP contribution in [-0.4, -0.2) is 0 Å². The lowest BCUT2D eigenvalue weighted by Gasteiger charge is -2.21. The third-order valence-electron chi connectivity index (χ3n) is 3.67. The van der Waals surface area contributed by atoms with Gasteiger partial charge in [-0.3, -0.25) is 0 Å². The maximum Gasteiger partial charge on any atom is 0.0838 e. The second-order valence-corrected chi connectivity index (χ2v) is 5.78. The summed E-state index contributed by atoms with van der Waals surface area (Å²) in [6.07, 6.45) is 3.23. The molecule has 2 aliphatic rings. The number of benzene rings is 1. The highest BCUT2D eigenvalue weighted by Gasteiger charge is 2.38. The number of hydrogen-bond donors (Lipinski definition) is 0. The highest BCUT2D eigenvalue weighted by Crippen LogP contribution is 2.51. The van der Waals surface area contributed by atoms with Crippen molar-refractivity contribution in [1.82, 2.24) is 0 Å². The number of hydrogen-bond acceptors (Lipinski definition) is 1. The molecule has 0 saturated carbocycles. The molecule has 0 spiro atoms. The largest absolute Gasteiger partial charge is 0.366 e. The smallest absolute Gasteiger partial charge is 0.0838 e. The van der Waals surface area contributed by atoms with Crippen molar-refractivity contribution >= 4 is 0 Å². The van der Waals surface area contributed by atoms with Crippen LogP contribution in [0.15, 0.2) is 18.2 Å². The van der Waals surface area contributed by atoms with E-state index in [9.17, 15) is 0 Å². The maximum atomic E-state index is 5.91. The molecule has 2 aliphatic heterocycles. The van der Waals surface area contributed by atoms with Crippen LogP contribution in [0.4, 0.5) is 0 Å². The van der Waals surface area contributed by atoms with E-state index in [2.05, 4.69) is 39.0 Å². The van der Waals surface area contributed by atoms with Gasteiger partial charge in [0.2, 0.25) is 0 Å². The lowest BCUT2D eigenvalue weighted by Crippen LogP contribution is -2.12. The van der Waals surface area contributed by atoms with Gasteiger partial charge >= 0.3 is 0 Å². The van der Waals surface area contributed by atoms with E-state index >= 15 is 0 Å². The van der Waals surface area contributed by atoms with E-state index in [0.717, 1.165) is 0 Å². The van der Waals surface area contributed by atoms with Crippen LogP contribution in [0.2, 0.25) is 0 Å². The summed E-state index contributed by atoms with van der Waals surface area (Å²) in [5.41, 5.74) is 4.58. The Balaban J connectivity index is 2.08. The lowest BCUT2D eigenvalue weighted by molar-refractivity contribution is 0.0716. The Morgan fingerprint density at radius 3 is 2.40 bits per heavy atom. The van der Waals surface area contributed by atoms with Gasteiger partial charge in [0.25, 0.3) is 0 Å². The van der Waals surface area contributed by atoms with Crippen LogP contribution in [0.3, 0.4) is 0 Å². The highest BCUT2D eigenvalue weighted by atomic mass is 16.5. The molecule has 1 nitrogen and oxygen atoms in total. The molecule has 2 bridgehead atoms. The topological polar surface area (TPSA) is 9.23 Å². The summed E-state index contributed by atoms with van der Waals surface area (Å²) in [7, 11) is 0.